The fraction of sp³-hybridized carbons (Fsp3) is 0.538. The van der Waals surface area contributed by atoms with Gasteiger partial charge in [0.1, 0.15) is 0 Å². The van der Waals surface area contributed by atoms with Gasteiger partial charge in [0, 0.05) is 19.5 Å². The molecule has 0 aromatic carbocycles. The molecule has 0 unspecified atom stereocenters. The Hall–Kier alpha value is -1.96. The second-order valence-electron chi connectivity index (χ2n) is 4.29. The van der Waals surface area contributed by atoms with Crippen molar-refractivity contribution in [3.8, 4) is 0 Å². The number of hydrogen-bond acceptors (Lipinski definition) is 4. The fourth-order valence-electron chi connectivity index (χ4n) is 1.70. The standard InChI is InChI=1S/C13H18F2N2O4/c14-11(15)9-17(6-7-18)12(19)4-1-5-16-13(20)10-3-2-8-21-10/h2-3,8,11,18H,1,4-7,9H2,(H,16,20). The molecule has 1 rings (SSSR count). The predicted molar refractivity (Wildman–Crippen MR) is 69.9 cm³/mol. The number of alkyl halides is 2. The quantitative estimate of drug-likeness (QED) is 0.663. The topological polar surface area (TPSA) is 82.8 Å². The summed E-state index contributed by atoms with van der Waals surface area (Å²) in [5.41, 5.74) is 0. The smallest absolute Gasteiger partial charge is 0.286 e. The average Bonchev–Trinajstić information content (AvgIpc) is 2.96. The number of amides is 2. The summed E-state index contributed by atoms with van der Waals surface area (Å²) in [6.07, 6.45) is -0.934. The number of halogens is 2. The average molecular weight is 304 g/mol. The molecule has 118 valence electrons. The highest BCUT2D eigenvalue weighted by Gasteiger charge is 2.17. The van der Waals surface area contributed by atoms with Gasteiger partial charge in [0.15, 0.2) is 5.76 Å². The number of rotatable bonds is 9. The van der Waals surface area contributed by atoms with E-state index in [2.05, 4.69) is 5.32 Å². The second-order valence-corrected chi connectivity index (χ2v) is 4.29. The van der Waals surface area contributed by atoms with E-state index in [1.807, 2.05) is 0 Å². The number of nitrogens with zero attached hydrogens (tertiary/aromatic N) is 1. The molecule has 8 heteroatoms. The van der Waals surface area contributed by atoms with Crippen LogP contribution < -0.4 is 5.32 Å². The number of carbonyl (C=O) groups is 2. The maximum absolute atomic E-state index is 12.3. The molecule has 0 saturated heterocycles. The largest absolute Gasteiger partial charge is 0.459 e. The Morgan fingerprint density at radius 1 is 1.43 bits per heavy atom. The molecule has 0 bridgehead atoms. The maximum atomic E-state index is 12.3. The van der Waals surface area contributed by atoms with E-state index in [4.69, 9.17) is 9.52 Å². The van der Waals surface area contributed by atoms with E-state index in [1.54, 1.807) is 6.07 Å². The number of aliphatic hydroxyl groups is 1. The third-order valence-electron chi connectivity index (χ3n) is 2.68. The van der Waals surface area contributed by atoms with Crippen LogP contribution in [0, 0.1) is 0 Å². The predicted octanol–water partition coefficient (Wildman–Crippen LogP) is 0.876. The van der Waals surface area contributed by atoms with Gasteiger partial charge in [-0.3, -0.25) is 9.59 Å². The summed E-state index contributed by atoms with van der Waals surface area (Å²) >= 11 is 0. The Kier molecular flexibility index (Phi) is 7.38. The molecule has 1 aromatic heterocycles. The van der Waals surface area contributed by atoms with Crippen LogP contribution >= 0.6 is 0 Å². The van der Waals surface area contributed by atoms with E-state index in [0.29, 0.717) is 6.42 Å². The van der Waals surface area contributed by atoms with Gasteiger partial charge in [-0.2, -0.15) is 0 Å². The summed E-state index contributed by atoms with van der Waals surface area (Å²) in [5, 5.41) is 11.3. The highest BCUT2D eigenvalue weighted by Crippen LogP contribution is 2.03. The lowest BCUT2D eigenvalue weighted by Gasteiger charge is -2.21. The third-order valence-corrected chi connectivity index (χ3v) is 2.68. The van der Waals surface area contributed by atoms with Crippen molar-refractivity contribution in [1.29, 1.82) is 0 Å². The molecule has 0 aliphatic heterocycles. The number of nitrogens with one attached hydrogen (secondary N) is 1. The molecule has 2 amide bonds. The summed E-state index contributed by atoms with van der Waals surface area (Å²) in [6.45, 7) is -0.958. The van der Waals surface area contributed by atoms with Gasteiger partial charge in [0.2, 0.25) is 5.91 Å². The Morgan fingerprint density at radius 2 is 2.19 bits per heavy atom. The lowest BCUT2D eigenvalue weighted by Crippen LogP contribution is -2.37. The molecular weight excluding hydrogens is 286 g/mol. The minimum absolute atomic E-state index is 0.0190. The van der Waals surface area contributed by atoms with Crippen LogP contribution in [0.5, 0.6) is 0 Å². The van der Waals surface area contributed by atoms with Crippen molar-refractivity contribution in [2.24, 2.45) is 0 Å². The summed E-state index contributed by atoms with van der Waals surface area (Å²) in [7, 11) is 0. The zero-order valence-electron chi connectivity index (χ0n) is 11.4. The Balaban J connectivity index is 2.26. The zero-order valence-corrected chi connectivity index (χ0v) is 11.4. The van der Waals surface area contributed by atoms with E-state index < -0.39 is 24.8 Å². The van der Waals surface area contributed by atoms with Gasteiger partial charge in [-0.1, -0.05) is 0 Å². The van der Waals surface area contributed by atoms with Gasteiger partial charge in [-0.15, -0.1) is 0 Å². The molecule has 1 heterocycles. The van der Waals surface area contributed by atoms with E-state index in [1.165, 1.54) is 12.3 Å². The highest BCUT2D eigenvalue weighted by molar-refractivity contribution is 5.91. The fourth-order valence-corrected chi connectivity index (χ4v) is 1.70. The van der Waals surface area contributed by atoms with Crippen molar-refractivity contribution in [2.75, 3.05) is 26.2 Å². The summed E-state index contributed by atoms with van der Waals surface area (Å²) < 4.78 is 29.4. The van der Waals surface area contributed by atoms with Gasteiger partial charge in [0.25, 0.3) is 12.3 Å². The van der Waals surface area contributed by atoms with Crippen LogP contribution in [0.2, 0.25) is 0 Å². The molecule has 21 heavy (non-hydrogen) atoms. The zero-order chi connectivity index (χ0) is 15.7. The van der Waals surface area contributed by atoms with Crippen LogP contribution in [0.3, 0.4) is 0 Å². The molecule has 0 aliphatic rings. The van der Waals surface area contributed by atoms with E-state index in [0.717, 1.165) is 4.90 Å². The molecular formula is C13H18F2N2O4. The minimum atomic E-state index is -2.64. The molecule has 0 radical (unpaired) electrons. The van der Waals surface area contributed by atoms with Crippen LogP contribution in [0.15, 0.2) is 22.8 Å². The minimum Gasteiger partial charge on any atom is -0.459 e. The first-order valence-corrected chi connectivity index (χ1v) is 6.53. The van der Waals surface area contributed by atoms with Crippen LogP contribution in [0.25, 0.3) is 0 Å². The molecule has 6 nitrogen and oxygen atoms in total. The highest BCUT2D eigenvalue weighted by atomic mass is 19.3. The number of furan rings is 1. The lowest BCUT2D eigenvalue weighted by molar-refractivity contribution is -0.133. The number of aliphatic hydroxyl groups excluding tert-OH is 1. The lowest BCUT2D eigenvalue weighted by atomic mass is 10.2. The van der Waals surface area contributed by atoms with Gasteiger partial charge in [-0.05, 0) is 18.6 Å². The molecule has 0 fully saturated rings. The normalized spacial score (nSPS) is 10.7. The Bertz CT molecular complexity index is 437. The summed E-state index contributed by atoms with van der Waals surface area (Å²) in [6, 6.07) is 3.08. The van der Waals surface area contributed by atoms with E-state index >= 15 is 0 Å². The first-order chi connectivity index (χ1) is 10.0. The van der Waals surface area contributed by atoms with Crippen molar-refractivity contribution >= 4 is 11.8 Å². The summed E-state index contributed by atoms with van der Waals surface area (Å²) in [5.74, 6) is -0.704. The Labute approximate surface area is 120 Å². The number of hydrogen-bond donors (Lipinski definition) is 2. The van der Waals surface area contributed by atoms with Crippen LogP contribution in [-0.2, 0) is 4.79 Å². The van der Waals surface area contributed by atoms with Crippen molar-refractivity contribution in [3.63, 3.8) is 0 Å². The van der Waals surface area contributed by atoms with Gasteiger partial charge >= 0.3 is 0 Å². The van der Waals surface area contributed by atoms with Gasteiger partial charge < -0.3 is 19.7 Å². The van der Waals surface area contributed by atoms with Crippen molar-refractivity contribution in [1.82, 2.24) is 10.2 Å². The molecule has 0 spiro atoms. The molecule has 0 aliphatic carbocycles. The molecule has 2 N–H and O–H groups in total. The van der Waals surface area contributed by atoms with Crippen LogP contribution in [0.1, 0.15) is 23.4 Å². The first-order valence-electron chi connectivity index (χ1n) is 6.53. The van der Waals surface area contributed by atoms with Gasteiger partial charge in [0.05, 0.1) is 19.4 Å². The van der Waals surface area contributed by atoms with Crippen LogP contribution in [-0.4, -0.2) is 54.5 Å². The van der Waals surface area contributed by atoms with Crippen LogP contribution in [0.4, 0.5) is 8.78 Å². The maximum Gasteiger partial charge on any atom is 0.286 e. The molecule has 0 atom stereocenters. The first kappa shape index (κ1) is 17.1. The van der Waals surface area contributed by atoms with Crippen molar-refractivity contribution in [3.05, 3.63) is 24.2 Å². The van der Waals surface area contributed by atoms with Crippen molar-refractivity contribution < 1.29 is 27.9 Å². The summed E-state index contributed by atoms with van der Waals surface area (Å²) in [4.78, 5) is 24.1. The molecule has 0 saturated carbocycles. The van der Waals surface area contributed by atoms with Crippen molar-refractivity contribution in [2.45, 2.75) is 19.3 Å². The van der Waals surface area contributed by atoms with E-state index in [-0.39, 0.29) is 31.9 Å². The monoisotopic (exact) mass is 304 g/mol. The number of carbonyl (C=O) groups excluding carboxylic acids is 2. The third kappa shape index (κ3) is 6.35. The molecule has 1 aromatic rings. The van der Waals surface area contributed by atoms with E-state index in [9.17, 15) is 18.4 Å². The Morgan fingerprint density at radius 3 is 2.76 bits per heavy atom. The second kappa shape index (κ2) is 9.06. The SMILES string of the molecule is O=C(NCCCC(=O)N(CCO)CC(F)F)c1ccco1. The van der Waals surface area contributed by atoms with Gasteiger partial charge in [-0.25, -0.2) is 8.78 Å².